The van der Waals surface area contributed by atoms with E-state index in [-0.39, 0.29) is 10.6 Å². The Morgan fingerprint density at radius 1 is 1.11 bits per heavy atom. The highest BCUT2D eigenvalue weighted by Gasteiger charge is 2.58. The number of hydrogen-bond donors (Lipinski definition) is 2. The third kappa shape index (κ3) is 2.69. The number of anilines is 2. The SMILES string of the molecule is CN1c2cccc(CI)c2C(C)(C)C12C=Cc1cc(N(O)O)cc(CI)c1O2. The molecule has 0 radical (unpaired) electrons. The molecule has 5 nitrogen and oxygen atoms in total. The van der Waals surface area contributed by atoms with Gasteiger partial charge < -0.3 is 9.64 Å². The van der Waals surface area contributed by atoms with Gasteiger partial charge in [-0.2, -0.15) is 0 Å². The van der Waals surface area contributed by atoms with Gasteiger partial charge in [-0.1, -0.05) is 57.3 Å². The number of fused-ring (bicyclic) bond motifs is 2. The monoisotopic (exact) mass is 604 g/mol. The van der Waals surface area contributed by atoms with E-state index in [1.165, 1.54) is 16.8 Å². The lowest BCUT2D eigenvalue weighted by atomic mass is 9.75. The van der Waals surface area contributed by atoms with E-state index in [1.807, 2.05) is 6.08 Å². The fourth-order valence-corrected chi connectivity index (χ4v) is 5.75. The van der Waals surface area contributed by atoms with Gasteiger partial charge in [0.05, 0.1) is 11.1 Å². The highest BCUT2D eigenvalue weighted by atomic mass is 127. The van der Waals surface area contributed by atoms with E-state index in [0.29, 0.717) is 10.1 Å². The Balaban J connectivity index is 1.90. The second-order valence-corrected chi connectivity index (χ2v) is 9.23. The maximum Gasteiger partial charge on any atom is 0.211 e. The summed E-state index contributed by atoms with van der Waals surface area (Å²) in [5, 5.41) is 19.1. The average Bonchev–Trinajstić information content (AvgIpc) is 2.85. The van der Waals surface area contributed by atoms with Crippen molar-refractivity contribution in [3.8, 4) is 5.75 Å². The average molecular weight is 604 g/mol. The van der Waals surface area contributed by atoms with Crippen LogP contribution in [0, 0.1) is 0 Å². The molecule has 4 rings (SSSR count). The largest absolute Gasteiger partial charge is 0.462 e. The number of alkyl halides is 2. The van der Waals surface area contributed by atoms with E-state index < -0.39 is 5.72 Å². The summed E-state index contributed by atoms with van der Waals surface area (Å²) in [6.45, 7) is 4.48. The standard InChI is InChI=1S/C21H22I2N2O3/c1-20(2)18-14(11-22)5-4-6-17(18)24(3)21(20)8-7-13-9-16(25(26)27)10-15(12-23)19(13)28-21/h4-10,26-27H,11-12H2,1-3H3. The topological polar surface area (TPSA) is 56.2 Å². The molecule has 2 aliphatic rings. The first kappa shape index (κ1) is 20.2. The maximum atomic E-state index is 9.46. The Morgan fingerprint density at radius 2 is 1.82 bits per heavy atom. The van der Waals surface area contributed by atoms with Crippen LogP contribution in [-0.2, 0) is 14.3 Å². The van der Waals surface area contributed by atoms with Gasteiger partial charge in [0.25, 0.3) is 0 Å². The number of hydrogen-bond acceptors (Lipinski definition) is 5. The normalized spacial score (nSPS) is 21.5. The Bertz CT molecular complexity index is 974. The number of rotatable bonds is 3. The van der Waals surface area contributed by atoms with Crippen LogP contribution >= 0.6 is 45.2 Å². The van der Waals surface area contributed by atoms with E-state index >= 15 is 0 Å². The Morgan fingerprint density at radius 3 is 2.46 bits per heavy atom. The summed E-state index contributed by atoms with van der Waals surface area (Å²) in [5.74, 6) is 0.797. The highest BCUT2D eigenvalue weighted by molar-refractivity contribution is 14.1. The van der Waals surface area contributed by atoms with Gasteiger partial charge in [-0.3, -0.25) is 10.4 Å². The first-order chi connectivity index (χ1) is 13.3. The quantitative estimate of drug-likeness (QED) is 0.269. The zero-order valence-corrected chi connectivity index (χ0v) is 20.2. The fraction of sp³-hybridized carbons (Fsp3) is 0.333. The zero-order valence-electron chi connectivity index (χ0n) is 15.9. The van der Waals surface area contributed by atoms with Gasteiger partial charge in [0, 0.05) is 32.7 Å². The van der Waals surface area contributed by atoms with Crippen molar-refractivity contribution in [1.82, 2.24) is 0 Å². The Labute approximate surface area is 192 Å². The van der Waals surface area contributed by atoms with Crippen molar-refractivity contribution in [2.75, 3.05) is 17.2 Å². The predicted octanol–water partition coefficient (Wildman–Crippen LogP) is 5.67. The summed E-state index contributed by atoms with van der Waals surface area (Å²) in [4.78, 5) is 2.23. The molecule has 2 aromatic carbocycles. The van der Waals surface area contributed by atoms with Crippen LogP contribution in [0.15, 0.2) is 36.4 Å². The van der Waals surface area contributed by atoms with Crippen molar-refractivity contribution >= 4 is 62.6 Å². The molecular weight excluding hydrogens is 582 g/mol. The molecule has 28 heavy (non-hydrogen) atoms. The first-order valence-electron chi connectivity index (χ1n) is 8.98. The van der Waals surface area contributed by atoms with E-state index in [4.69, 9.17) is 4.74 Å². The number of nitrogens with zero attached hydrogens (tertiary/aromatic N) is 2. The van der Waals surface area contributed by atoms with Crippen LogP contribution in [0.3, 0.4) is 0 Å². The van der Waals surface area contributed by atoms with Crippen molar-refractivity contribution in [1.29, 1.82) is 0 Å². The molecule has 2 aromatic rings. The molecule has 0 bridgehead atoms. The van der Waals surface area contributed by atoms with Crippen molar-refractivity contribution in [3.63, 3.8) is 0 Å². The van der Waals surface area contributed by atoms with Crippen LogP contribution in [0.25, 0.3) is 6.08 Å². The lowest BCUT2D eigenvalue weighted by Gasteiger charge is -2.46. The Hall–Kier alpha value is -1.04. The van der Waals surface area contributed by atoms with E-state index in [1.54, 1.807) is 12.1 Å². The molecule has 0 saturated heterocycles. The van der Waals surface area contributed by atoms with Gasteiger partial charge in [-0.05, 0) is 55.3 Å². The van der Waals surface area contributed by atoms with E-state index in [0.717, 1.165) is 21.3 Å². The molecule has 1 spiro atoms. The minimum atomic E-state index is -0.648. The van der Waals surface area contributed by atoms with Gasteiger partial charge in [0.15, 0.2) is 0 Å². The molecule has 2 heterocycles. The lowest BCUT2D eigenvalue weighted by molar-refractivity contribution is 0.0288. The van der Waals surface area contributed by atoms with Gasteiger partial charge >= 0.3 is 0 Å². The molecule has 0 aliphatic carbocycles. The molecule has 0 fully saturated rings. The van der Waals surface area contributed by atoms with Crippen LogP contribution in [0.2, 0.25) is 0 Å². The molecule has 1 unspecified atom stereocenters. The summed E-state index contributed by atoms with van der Waals surface area (Å²) >= 11 is 4.70. The van der Waals surface area contributed by atoms with E-state index in [9.17, 15) is 10.4 Å². The number of benzene rings is 2. The molecule has 2 aliphatic heterocycles. The molecule has 2 N–H and O–H groups in total. The van der Waals surface area contributed by atoms with Crippen molar-refractivity contribution < 1.29 is 15.2 Å². The Kier molecular flexibility index (Phi) is 5.08. The molecule has 0 amide bonds. The molecular formula is C21H22I2N2O3. The van der Waals surface area contributed by atoms with E-state index in [2.05, 4.69) is 95.3 Å². The van der Waals surface area contributed by atoms with Crippen LogP contribution in [0.1, 0.15) is 36.1 Å². The minimum absolute atomic E-state index is 0.155. The maximum absolute atomic E-state index is 9.46. The molecule has 0 aromatic heterocycles. The van der Waals surface area contributed by atoms with Crippen LogP contribution < -0.4 is 14.9 Å². The van der Waals surface area contributed by atoms with Crippen molar-refractivity contribution in [2.24, 2.45) is 0 Å². The van der Waals surface area contributed by atoms with Crippen LogP contribution in [0.5, 0.6) is 5.75 Å². The summed E-state index contributed by atoms with van der Waals surface area (Å²) in [5.41, 5.74) is 5.02. The second kappa shape index (κ2) is 7.03. The minimum Gasteiger partial charge on any atom is -0.462 e. The second-order valence-electron chi connectivity index (χ2n) is 7.71. The summed E-state index contributed by atoms with van der Waals surface area (Å²) in [7, 11) is 2.08. The fourth-order valence-electron chi connectivity index (χ4n) is 4.54. The number of halogens is 2. The van der Waals surface area contributed by atoms with Crippen LogP contribution in [-0.4, -0.2) is 23.2 Å². The smallest absolute Gasteiger partial charge is 0.211 e. The molecule has 0 saturated carbocycles. The zero-order chi connectivity index (χ0) is 20.3. The number of ether oxygens (including phenoxy) is 1. The molecule has 148 valence electrons. The van der Waals surface area contributed by atoms with Gasteiger partial charge in [0.1, 0.15) is 5.75 Å². The highest BCUT2D eigenvalue weighted by Crippen LogP contribution is 2.56. The van der Waals surface area contributed by atoms with Gasteiger partial charge in [0.2, 0.25) is 5.72 Å². The summed E-state index contributed by atoms with van der Waals surface area (Å²) in [6.07, 6.45) is 4.14. The third-order valence-electron chi connectivity index (χ3n) is 5.95. The van der Waals surface area contributed by atoms with Gasteiger partial charge in [-0.25, -0.2) is 0 Å². The van der Waals surface area contributed by atoms with Crippen molar-refractivity contribution in [2.45, 2.75) is 33.8 Å². The predicted molar refractivity (Wildman–Crippen MR) is 128 cm³/mol. The molecule has 1 atom stereocenters. The summed E-state index contributed by atoms with van der Waals surface area (Å²) in [6, 6.07) is 9.94. The van der Waals surface area contributed by atoms with Gasteiger partial charge in [-0.15, -0.1) is 5.23 Å². The first-order valence-corrected chi connectivity index (χ1v) is 12.0. The lowest BCUT2D eigenvalue weighted by Crippen LogP contribution is -2.58. The molecule has 7 heteroatoms. The summed E-state index contributed by atoms with van der Waals surface area (Å²) < 4.78 is 8.44. The number of likely N-dealkylation sites (N-methyl/N-ethyl adjacent to an activating group) is 1. The van der Waals surface area contributed by atoms with Crippen LogP contribution in [0.4, 0.5) is 11.4 Å². The van der Waals surface area contributed by atoms with Crippen molar-refractivity contribution in [3.05, 3.63) is 58.7 Å². The third-order valence-corrected chi connectivity index (χ3v) is 7.60.